The Balaban J connectivity index is 2.00. The summed E-state index contributed by atoms with van der Waals surface area (Å²) in [7, 11) is 0. The van der Waals surface area contributed by atoms with Gasteiger partial charge in [-0.1, -0.05) is 23.9 Å². The van der Waals surface area contributed by atoms with Gasteiger partial charge in [0.15, 0.2) is 0 Å². The molecule has 0 radical (unpaired) electrons. The number of hydrogen-bond donors (Lipinski definition) is 3. The van der Waals surface area contributed by atoms with Crippen LogP contribution in [-0.2, 0) is 0 Å². The largest absolute Gasteiger partial charge is 0.506 e. The standard InChI is InChI=1S/C17H12Br2N4O2S/c1-26-17-21-16(25)13-9-4-2-3-5-12(9)20-15(23(13)22-17)8-6-10(18)14(24)11(19)7-8/h2-7,15H,1H3,(H2,21,22,24,25)/p+1/t15-/m1/s1. The highest BCUT2D eigenvalue weighted by Crippen LogP contribution is 2.37. The molecule has 9 heteroatoms. The molecular weight excluding hydrogens is 484 g/mol. The van der Waals surface area contributed by atoms with Crippen LogP contribution in [0.25, 0.3) is 11.3 Å². The molecule has 6 nitrogen and oxygen atoms in total. The summed E-state index contributed by atoms with van der Waals surface area (Å²) in [6, 6.07) is 11.2. The lowest BCUT2D eigenvalue weighted by Gasteiger charge is -2.22. The first-order chi connectivity index (χ1) is 12.5. The molecule has 26 heavy (non-hydrogen) atoms. The quantitative estimate of drug-likeness (QED) is 0.372. The van der Waals surface area contributed by atoms with Crippen molar-refractivity contribution in [1.82, 2.24) is 10.1 Å². The molecule has 0 fully saturated rings. The van der Waals surface area contributed by atoms with E-state index in [9.17, 15) is 9.90 Å². The van der Waals surface area contributed by atoms with E-state index in [1.54, 1.807) is 4.68 Å². The van der Waals surface area contributed by atoms with Gasteiger partial charge in [0, 0.05) is 10.7 Å². The van der Waals surface area contributed by atoms with Crippen LogP contribution in [0.4, 0.5) is 5.69 Å². The number of halogens is 2. The molecule has 0 bridgehead atoms. The molecule has 132 valence electrons. The maximum absolute atomic E-state index is 12.8. The predicted molar refractivity (Wildman–Crippen MR) is 108 cm³/mol. The highest BCUT2D eigenvalue weighted by molar-refractivity contribution is 9.11. The van der Waals surface area contributed by atoms with E-state index in [2.05, 4.69) is 47.3 Å². The van der Waals surface area contributed by atoms with E-state index in [0.717, 1.165) is 16.8 Å². The minimum Gasteiger partial charge on any atom is -0.506 e. The summed E-state index contributed by atoms with van der Waals surface area (Å²) >= 11 is 8.11. The van der Waals surface area contributed by atoms with Gasteiger partial charge in [-0.15, -0.1) is 0 Å². The second-order valence-corrected chi connectivity index (χ2v) is 8.19. The number of aromatic hydroxyl groups is 1. The number of hydrogen-bond acceptors (Lipinski definition) is 5. The van der Waals surface area contributed by atoms with E-state index < -0.39 is 6.17 Å². The smallest absolute Gasteiger partial charge is 0.325 e. The summed E-state index contributed by atoms with van der Waals surface area (Å²) in [5.41, 5.74) is 2.78. The monoisotopic (exact) mass is 495 g/mol. The van der Waals surface area contributed by atoms with Crippen LogP contribution in [0.15, 0.2) is 55.3 Å². The topological polar surface area (TPSA) is 81.9 Å². The van der Waals surface area contributed by atoms with Gasteiger partial charge in [0.25, 0.3) is 6.17 Å². The van der Waals surface area contributed by atoms with E-state index in [0.29, 0.717) is 19.8 Å². The molecule has 0 aliphatic carbocycles. The maximum Gasteiger partial charge on any atom is 0.325 e. The van der Waals surface area contributed by atoms with Gasteiger partial charge in [0.2, 0.25) is 5.16 Å². The average Bonchev–Trinajstić information content (AvgIpc) is 2.64. The summed E-state index contributed by atoms with van der Waals surface area (Å²) in [6.45, 7) is 0. The number of H-pyrrole nitrogens is 1. The van der Waals surface area contributed by atoms with Gasteiger partial charge >= 0.3 is 11.3 Å². The van der Waals surface area contributed by atoms with Crippen LogP contribution in [0.3, 0.4) is 0 Å². The molecule has 3 N–H and O–H groups in total. The van der Waals surface area contributed by atoms with Gasteiger partial charge in [-0.3, -0.25) is 9.78 Å². The number of rotatable bonds is 2. The average molecular weight is 497 g/mol. The van der Waals surface area contributed by atoms with Gasteiger partial charge in [-0.2, -0.15) is 0 Å². The van der Waals surface area contributed by atoms with Crippen LogP contribution in [0.2, 0.25) is 0 Å². The molecule has 1 aliphatic rings. The molecule has 1 aliphatic heterocycles. The van der Waals surface area contributed by atoms with Crippen LogP contribution >= 0.6 is 43.6 Å². The highest BCUT2D eigenvalue weighted by atomic mass is 79.9. The molecular formula is C17H13Br2N4O2S+. The molecule has 2 aromatic carbocycles. The highest BCUT2D eigenvalue weighted by Gasteiger charge is 2.38. The number of aromatic amines is 1. The van der Waals surface area contributed by atoms with Crippen LogP contribution in [0.5, 0.6) is 5.75 Å². The van der Waals surface area contributed by atoms with Crippen LogP contribution < -0.4 is 15.6 Å². The fourth-order valence-corrected chi connectivity index (χ4v) is 4.54. The van der Waals surface area contributed by atoms with Crippen molar-refractivity contribution in [1.29, 1.82) is 0 Å². The fraction of sp³-hybridized carbons (Fsp3) is 0.118. The minimum atomic E-state index is -0.402. The van der Waals surface area contributed by atoms with Gasteiger partial charge in [0.05, 0.1) is 20.2 Å². The number of para-hydroxylation sites is 1. The Bertz CT molecular complexity index is 1060. The number of thioether (sulfide) groups is 1. The number of nitrogens with zero attached hydrogens (tertiary/aromatic N) is 2. The second-order valence-electron chi connectivity index (χ2n) is 5.68. The van der Waals surface area contributed by atoms with Crippen LogP contribution in [0.1, 0.15) is 11.7 Å². The number of fused-ring (bicyclic) bond motifs is 3. The molecule has 0 spiro atoms. The third kappa shape index (κ3) is 2.83. The summed E-state index contributed by atoms with van der Waals surface area (Å²) in [5.74, 6) is 0.124. The SMILES string of the molecule is CSc1n[n+]2c(c(=O)[nH]1)-c1ccccc1N[C@H]2c1cc(Br)c(O)c(Br)c1. The van der Waals surface area contributed by atoms with Gasteiger partial charge < -0.3 is 10.4 Å². The lowest BCUT2D eigenvalue weighted by Crippen LogP contribution is -2.55. The van der Waals surface area contributed by atoms with Crippen LogP contribution in [-0.4, -0.2) is 21.4 Å². The molecule has 0 amide bonds. The van der Waals surface area contributed by atoms with Gasteiger partial charge in [-0.05, 0) is 67.1 Å². The summed E-state index contributed by atoms with van der Waals surface area (Å²) < 4.78 is 2.80. The molecule has 1 atom stereocenters. The van der Waals surface area contributed by atoms with Gasteiger partial charge in [0.1, 0.15) is 5.75 Å². The molecule has 3 aromatic rings. The van der Waals surface area contributed by atoms with Crippen molar-refractivity contribution in [3.63, 3.8) is 0 Å². The lowest BCUT2D eigenvalue weighted by molar-refractivity contribution is -0.759. The molecule has 0 saturated carbocycles. The van der Waals surface area contributed by atoms with Gasteiger partial charge in [-0.25, -0.2) is 0 Å². The first-order valence-corrected chi connectivity index (χ1v) is 10.4. The fourth-order valence-electron chi connectivity index (χ4n) is 2.95. The van der Waals surface area contributed by atoms with Crippen molar-refractivity contribution in [3.05, 3.63) is 61.3 Å². The Kier molecular flexibility index (Phi) is 4.54. The Morgan fingerprint density at radius 2 is 1.92 bits per heavy atom. The number of anilines is 1. The minimum absolute atomic E-state index is 0.124. The van der Waals surface area contributed by atoms with E-state index in [-0.39, 0.29) is 11.3 Å². The Morgan fingerprint density at radius 3 is 2.62 bits per heavy atom. The second kappa shape index (κ2) is 6.71. The number of phenols is 1. The summed E-state index contributed by atoms with van der Waals surface area (Å²) in [4.78, 5) is 15.6. The third-order valence-electron chi connectivity index (χ3n) is 4.13. The first-order valence-electron chi connectivity index (χ1n) is 7.63. The van der Waals surface area contributed by atoms with E-state index in [1.807, 2.05) is 42.7 Å². The molecule has 4 rings (SSSR count). The van der Waals surface area contributed by atoms with Crippen LogP contribution in [0, 0.1) is 0 Å². The third-order valence-corrected chi connectivity index (χ3v) is 5.91. The number of benzene rings is 2. The normalized spacial score (nSPS) is 15.1. The van der Waals surface area contributed by atoms with E-state index in [1.165, 1.54) is 11.8 Å². The zero-order valence-electron chi connectivity index (χ0n) is 13.5. The zero-order chi connectivity index (χ0) is 18.4. The van der Waals surface area contributed by atoms with E-state index >= 15 is 0 Å². The Labute approximate surface area is 169 Å². The Morgan fingerprint density at radius 1 is 1.23 bits per heavy atom. The molecule has 1 aromatic heterocycles. The number of nitrogens with one attached hydrogen (secondary N) is 2. The van der Waals surface area contributed by atoms with Crippen molar-refractivity contribution in [2.45, 2.75) is 11.3 Å². The molecule has 0 unspecified atom stereocenters. The molecule has 2 heterocycles. The summed E-state index contributed by atoms with van der Waals surface area (Å²) in [5, 5.41) is 18.6. The van der Waals surface area contributed by atoms with E-state index in [4.69, 9.17) is 0 Å². The molecule has 0 saturated heterocycles. The lowest BCUT2D eigenvalue weighted by atomic mass is 10.0. The maximum atomic E-state index is 12.8. The van der Waals surface area contributed by atoms with Crippen molar-refractivity contribution in [2.75, 3.05) is 11.6 Å². The zero-order valence-corrected chi connectivity index (χ0v) is 17.4. The summed E-state index contributed by atoms with van der Waals surface area (Å²) in [6.07, 6.45) is 1.46. The van der Waals surface area contributed by atoms with Crippen molar-refractivity contribution in [3.8, 4) is 17.0 Å². The number of aromatic nitrogens is 3. The van der Waals surface area contributed by atoms with Crippen molar-refractivity contribution in [2.24, 2.45) is 0 Å². The Hall–Kier alpha value is -1.84. The van der Waals surface area contributed by atoms with Crippen molar-refractivity contribution < 1.29 is 9.79 Å². The predicted octanol–water partition coefficient (Wildman–Crippen LogP) is 3.65. The van der Waals surface area contributed by atoms with Crippen molar-refractivity contribution >= 4 is 49.3 Å². The number of phenolic OH excluding ortho intramolecular Hbond substituents is 1. The first kappa shape index (κ1) is 17.6.